The number of nitrogens with one attached hydrogen (secondary N) is 1. The van der Waals surface area contributed by atoms with Crippen LogP contribution in [0.3, 0.4) is 0 Å². The van der Waals surface area contributed by atoms with Crippen LogP contribution in [0.5, 0.6) is 0 Å². The minimum atomic E-state index is 0.734. The van der Waals surface area contributed by atoms with E-state index in [1.807, 2.05) is 0 Å². The summed E-state index contributed by atoms with van der Waals surface area (Å²) in [5.74, 6) is 0. The molecule has 98 valence electrons. The topological polar surface area (TPSA) is 21.3 Å². The fourth-order valence-electron chi connectivity index (χ4n) is 2.25. The van der Waals surface area contributed by atoms with Gasteiger partial charge < -0.3 is 10.1 Å². The predicted octanol–water partition coefficient (Wildman–Crippen LogP) is 3.34. The first-order valence-electron chi connectivity index (χ1n) is 6.79. The van der Waals surface area contributed by atoms with Crippen LogP contribution in [-0.2, 0) is 17.7 Å². The molecule has 0 atom stereocenters. The van der Waals surface area contributed by atoms with Crippen LogP contribution in [0.4, 0.5) is 0 Å². The minimum absolute atomic E-state index is 0.734. The summed E-state index contributed by atoms with van der Waals surface area (Å²) < 4.78 is 5.49. The maximum Gasteiger partial charge on any atom is 0.0862 e. The number of rotatable bonds is 4. The largest absolute Gasteiger partial charge is 0.382 e. The van der Waals surface area contributed by atoms with Crippen LogP contribution in [-0.4, -0.2) is 13.2 Å². The Morgan fingerprint density at radius 2 is 2.11 bits per heavy atom. The van der Waals surface area contributed by atoms with Crippen LogP contribution >= 0.6 is 0 Å². The molecule has 0 bridgehead atoms. The van der Waals surface area contributed by atoms with Gasteiger partial charge in [0, 0.05) is 12.2 Å². The maximum absolute atomic E-state index is 5.49. The molecule has 0 radical (unpaired) electrons. The average molecular weight is 245 g/mol. The molecule has 0 saturated heterocycles. The van der Waals surface area contributed by atoms with Gasteiger partial charge in [-0.05, 0) is 49.0 Å². The monoisotopic (exact) mass is 245 g/mol. The Morgan fingerprint density at radius 3 is 2.78 bits per heavy atom. The van der Waals surface area contributed by atoms with Crippen molar-refractivity contribution in [2.45, 2.75) is 40.2 Å². The zero-order chi connectivity index (χ0) is 13.0. The van der Waals surface area contributed by atoms with Crippen LogP contribution in [0, 0.1) is 6.92 Å². The first kappa shape index (κ1) is 13.2. The Morgan fingerprint density at radius 1 is 1.28 bits per heavy atom. The van der Waals surface area contributed by atoms with E-state index in [0.717, 1.165) is 32.6 Å². The molecule has 1 N–H and O–H groups in total. The Labute approximate surface area is 110 Å². The third kappa shape index (κ3) is 3.14. The van der Waals surface area contributed by atoms with Gasteiger partial charge in [0.05, 0.1) is 13.2 Å². The van der Waals surface area contributed by atoms with Crippen molar-refractivity contribution in [1.29, 1.82) is 0 Å². The molecule has 18 heavy (non-hydrogen) atoms. The third-order valence-corrected chi connectivity index (χ3v) is 3.69. The molecule has 1 aromatic carbocycles. The van der Waals surface area contributed by atoms with Crippen LogP contribution in [0.25, 0.3) is 0 Å². The number of hydrogen-bond acceptors (Lipinski definition) is 2. The van der Waals surface area contributed by atoms with Crippen LogP contribution in [0.1, 0.15) is 37.0 Å². The molecule has 0 unspecified atom stereocenters. The molecule has 1 heterocycles. The Hall–Kier alpha value is -1.28. The summed E-state index contributed by atoms with van der Waals surface area (Å²) in [5, 5.41) is 3.52. The van der Waals surface area contributed by atoms with Crippen molar-refractivity contribution in [1.82, 2.24) is 5.32 Å². The van der Waals surface area contributed by atoms with Crippen molar-refractivity contribution in [3.63, 3.8) is 0 Å². The predicted molar refractivity (Wildman–Crippen MR) is 75.5 cm³/mol. The lowest BCUT2D eigenvalue weighted by molar-refractivity contribution is 0.141. The van der Waals surface area contributed by atoms with E-state index in [-0.39, 0.29) is 0 Å². The van der Waals surface area contributed by atoms with Crippen molar-refractivity contribution < 1.29 is 4.74 Å². The Kier molecular flexibility index (Phi) is 4.43. The fourth-order valence-corrected chi connectivity index (χ4v) is 2.25. The van der Waals surface area contributed by atoms with E-state index in [1.165, 1.54) is 28.0 Å². The van der Waals surface area contributed by atoms with Crippen molar-refractivity contribution in [2.75, 3.05) is 13.2 Å². The van der Waals surface area contributed by atoms with Gasteiger partial charge in [0.2, 0.25) is 0 Å². The molecule has 2 heteroatoms. The summed E-state index contributed by atoms with van der Waals surface area (Å²) in [6.45, 7) is 9.07. The number of benzene rings is 1. The van der Waals surface area contributed by atoms with Crippen molar-refractivity contribution in [3.8, 4) is 0 Å². The van der Waals surface area contributed by atoms with Gasteiger partial charge in [0.25, 0.3) is 0 Å². The van der Waals surface area contributed by atoms with E-state index >= 15 is 0 Å². The van der Waals surface area contributed by atoms with Gasteiger partial charge in [-0.15, -0.1) is 0 Å². The highest BCUT2D eigenvalue weighted by Crippen LogP contribution is 2.15. The molecule has 1 aromatic rings. The molecular formula is C16H23NO. The molecule has 1 aliphatic heterocycles. The highest BCUT2D eigenvalue weighted by molar-refractivity contribution is 5.31. The highest BCUT2D eigenvalue weighted by Gasteiger charge is 2.09. The van der Waals surface area contributed by atoms with Gasteiger partial charge in [0.1, 0.15) is 0 Å². The lowest BCUT2D eigenvalue weighted by Crippen LogP contribution is -2.23. The maximum atomic E-state index is 5.49. The molecule has 1 aliphatic rings. The lowest BCUT2D eigenvalue weighted by Gasteiger charge is -2.20. The van der Waals surface area contributed by atoms with E-state index in [9.17, 15) is 0 Å². The Bertz CT molecular complexity index is 448. The SMILES string of the molecule is CCc1ccc(CNC2=C(C)CCOC2)c(C)c1. The molecule has 0 spiro atoms. The fraction of sp³-hybridized carbons (Fsp3) is 0.500. The molecule has 2 rings (SSSR count). The van der Waals surface area contributed by atoms with Gasteiger partial charge in [0.15, 0.2) is 0 Å². The van der Waals surface area contributed by atoms with E-state index in [1.54, 1.807) is 0 Å². The lowest BCUT2D eigenvalue weighted by atomic mass is 10.0. The second-order valence-corrected chi connectivity index (χ2v) is 5.03. The van der Waals surface area contributed by atoms with E-state index in [0.29, 0.717) is 0 Å². The summed E-state index contributed by atoms with van der Waals surface area (Å²) in [4.78, 5) is 0. The van der Waals surface area contributed by atoms with E-state index in [2.05, 4.69) is 44.3 Å². The first-order valence-corrected chi connectivity index (χ1v) is 6.79. The number of ether oxygens (including phenoxy) is 1. The zero-order valence-corrected chi connectivity index (χ0v) is 11.7. The molecule has 0 amide bonds. The second kappa shape index (κ2) is 6.05. The van der Waals surface area contributed by atoms with E-state index < -0.39 is 0 Å². The van der Waals surface area contributed by atoms with Crippen LogP contribution in [0.15, 0.2) is 29.5 Å². The van der Waals surface area contributed by atoms with Gasteiger partial charge >= 0.3 is 0 Å². The molecule has 0 saturated carbocycles. The van der Waals surface area contributed by atoms with Gasteiger partial charge in [-0.2, -0.15) is 0 Å². The smallest absolute Gasteiger partial charge is 0.0862 e. The molecule has 0 aromatic heterocycles. The summed E-state index contributed by atoms with van der Waals surface area (Å²) in [6.07, 6.45) is 2.16. The highest BCUT2D eigenvalue weighted by atomic mass is 16.5. The molecule has 0 aliphatic carbocycles. The standard InChI is InChI=1S/C16H23NO/c1-4-14-5-6-15(13(3)9-14)10-17-16-11-18-8-7-12(16)2/h5-6,9,17H,4,7-8,10-11H2,1-3H3. The number of aryl methyl sites for hydroxylation is 2. The summed E-state index contributed by atoms with van der Waals surface area (Å²) >= 11 is 0. The summed E-state index contributed by atoms with van der Waals surface area (Å²) in [7, 11) is 0. The van der Waals surface area contributed by atoms with E-state index in [4.69, 9.17) is 4.74 Å². The third-order valence-electron chi connectivity index (χ3n) is 3.69. The quantitative estimate of drug-likeness (QED) is 0.878. The number of hydrogen-bond donors (Lipinski definition) is 1. The zero-order valence-electron chi connectivity index (χ0n) is 11.7. The normalized spacial score (nSPS) is 15.9. The van der Waals surface area contributed by atoms with Crippen molar-refractivity contribution in [2.24, 2.45) is 0 Å². The van der Waals surface area contributed by atoms with Crippen LogP contribution in [0.2, 0.25) is 0 Å². The van der Waals surface area contributed by atoms with Crippen LogP contribution < -0.4 is 5.32 Å². The molecular weight excluding hydrogens is 222 g/mol. The van der Waals surface area contributed by atoms with Gasteiger partial charge in [-0.25, -0.2) is 0 Å². The van der Waals surface area contributed by atoms with Gasteiger partial charge in [-0.3, -0.25) is 0 Å². The average Bonchev–Trinajstić information content (AvgIpc) is 2.39. The minimum Gasteiger partial charge on any atom is -0.382 e. The van der Waals surface area contributed by atoms with Gasteiger partial charge in [-0.1, -0.05) is 25.1 Å². The first-order chi connectivity index (χ1) is 8.70. The van der Waals surface area contributed by atoms with Crippen molar-refractivity contribution >= 4 is 0 Å². The molecule has 2 nitrogen and oxygen atoms in total. The summed E-state index contributed by atoms with van der Waals surface area (Å²) in [5.41, 5.74) is 6.85. The summed E-state index contributed by atoms with van der Waals surface area (Å²) in [6, 6.07) is 6.75. The van der Waals surface area contributed by atoms with Crippen molar-refractivity contribution in [3.05, 3.63) is 46.2 Å². The molecule has 0 fully saturated rings. The Balaban J connectivity index is 2.02. The second-order valence-electron chi connectivity index (χ2n) is 5.03.